The van der Waals surface area contributed by atoms with Crippen LogP contribution in [-0.2, 0) is 28.6 Å². The van der Waals surface area contributed by atoms with E-state index in [-0.39, 0.29) is 36.2 Å². The highest BCUT2D eigenvalue weighted by atomic mass is 16.6. The molecule has 0 aliphatic heterocycles. The van der Waals surface area contributed by atoms with Crippen molar-refractivity contribution in [1.82, 2.24) is 0 Å². The van der Waals surface area contributed by atoms with Crippen molar-refractivity contribution in [3.05, 3.63) is 24.3 Å². The van der Waals surface area contributed by atoms with Crippen molar-refractivity contribution in [2.24, 2.45) is 0 Å². The van der Waals surface area contributed by atoms with Gasteiger partial charge in [0.05, 0.1) is 34.4 Å². The summed E-state index contributed by atoms with van der Waals surface area (Å²) in [6.07, 6.45) is 55.2. The van der Waals surface area contributed by atoms with Crippen molar-refractivity contribution in [3.63, 3.8) is 0 Å². The minimum atomic E-state index is -0.870. The molecule has 0 aromatic heterocycles. The van der Waals surface area contributed by atoms with Crippen molar-refractivity contribution >= 4 is 17.9 Å². The Balaban J connectivity index is 4.16. The lowest BCUT2D eigenvalue weighted by atomic mass is 10.0. The minimum absolute atomic E-state index is 0.0448. The van der Waals surface area contributed by atoms with Crippen LogP contribution in [0.1, 0.15) is 264 Å². The number of hydrogen-bond donors (Lipinski definition) is 1. The fraction of sp³-hybridized carbons (Fsp3) is 0.875. The Labute approximate surface area is 396 Å². The van der Waals surface area contributed by atoms with Crippen molar-refractivity contribution < 1.29 is 38.2 Å². The zero-order valence-corrected chi connectivity index (χ0v) is 43.0. The van der Waals surface area contributed by atoms with Crippen molar-refractivity contribution in [2.75, 3.05) is 41.0 Å². The van der Waals surface area contributed by atoms with E-state index in [1.54, 1.807) is 0 Å². The number of carbonyl (C=O) groups excluding carboxylic acids is 2. The van der Waals surface area contributed by atoms with Gasteiger partial charge in [-0.25, -0.2) is 4.79 Å². The maximum atomic E-state index is 12.8. The van der Waals surface area contributed by atoms with Gasteiger partial charge < -0.3 is 23.8 Å². The van der Waals surface area contributed by atoms with Gasteiger partial charge in [-0.05, 0) is 38.5 Å². The number of likely N-dealkylation sites (N-methyl/N-ethyl adjacent to an activating group) is 1. The Kier molecular flexibility index (Phi) is 45.7. The van der Waals surface area contributed by atoms with Gasteiger partial charge in [0.25, 0.3) is 0 Å². The largest absolute Gasteiger partial charge is 0.477 e. The third-order valence-electron chi connectivity index (χ3n) is 12.6. The van der Waals surface area contributed by atoms with Crippen LogP contribution in [-0.4, -0.2) is 80.6 Å². The summed E-state index contributed by atoms with van der Waals surface area (Å²) >= 11 is 0. The maximum Gasteiger partial charge on any atom is 0.362 e. The SMILES string of the molecule is CC/C=C/C/C=C/CCCCCCCCCCCCCCCCC(=O)OC(COCCC(C(=O)O)[N+](C)(C)C)COC(=O)CCCCCCCCCCCCCCCCCCCCC. The number of carboxylic acids is 1. The van der Waals surface area contributed by atoms with E-state index in [9.17, 15) is 19.5 Å². The van der Waals surface area contributed by atoms with Crippen LogP contribution < -0.4 is 0 Å². The van der Waals surface area contributed by atoms with E-state index in [1.807, 2.05) is 21.1 Å². The van der Waals surface area contributed by atoms with Crippen molar-refractivity contribution in [1.29, 1.82) is 0 Å². The van der Waals surface area contributed by atoms with Gasteiger partial charge in [0.2, 0.25) is 0 Å². The van der Waals surface area contributed by atoms with E-state index < -0.39 is 18.1 Å². The summed E-state index contributed by atoms with van der Waals surface area (Å²) in [5.41, 5.74) is 0. The lowest BCUT2D eigenvalue weighted by Crippen LogP contribution is -2.50. The number of ether oxygens (including phenoxy) is 3. The molecule has 0 saturated carbocycles. The molecule has 0 rings (SSSR count). The first-order valence-corrected chi connectivity index (χ1v) is 27.4. The van der Waals surface area contributed by atoms with Gasteiger partial charge in [0.15, 0.2) is 12.1 Å². The second kappa shape index (κ2) is 47.3. The summed E-state index contributed by atoms with van der Waals surface area (Å²) in [6.45, 7) is 4.69. The molecule has 0 heterocycles. The Morgan fingerprint density at radius 1 is 0.484 bits per heavy atom. The van der Waals surface area contributed by atoms with Crippen LogP contribution in [0.2, 0.25) is 0 Å². The van der Waals surface area contributed by atoms with Gasteiger partial charge >= 0.3 is 17.9 Å². The van der Waals surface area contributed by atoms with Gasteiger partial charge in [-0.1, -0.05) is 231 Å². The van der Waals surface area contributed by atoms with Crippen LogP contribution in [0.5, 0.6) is 0 Å². The normalized spacial score (nSPS) is 13.0. The van der Waals surface area contributed by atoms with Gasteiger partial charge in [0.1, 0.15) is 6.61 Å². The molecule has 0 aliphatic rings. The van der Waals surface area contributed by atoms with Crippen molar-refractivity contribution in [2.45, 2.75) is 276 Å². The Bertz CT molecular complexity index is 1100. The molecule has 0 aliphatic carbocycles. The molecule has 376 valence electrons. The number of nitrogens with zero attached hydrogens (tertiary/aromatic N) is 1. The van der Waals surface area contributed by atoms with E-state index in [0.717, 1.165) is 51.4 Å². The summed E-state index contributed by atoms with van der Waals surface area (Å²) in [6, 6.07) is -0.612. The van der Waals surface area contributed by atoms with E-state index >= 15 is 0 Å². The molecule has 0 aromatic rings. The average Bonchev–Trinajstić information content (AvgIpc) is 3.26. The second-order valence-corrected chi connectivity index (χ2v) is 19.8. The Morgan fingerprint density at radius 2 is 0.875 bits per heavy atom. The Morgan fingerprint density at radius 3 is 1.28 bits per heavy atom. The van der Waals surface area contributed by atoms with Gasteiger partial charge in [-0.2, -0.15) is 0 Å². The van der Waals surface area contributed by atoms with Crippen molar-refractivity contribution in [3.8, 4) is 0 Å². The summed E-state index contributed by atoms with van der Waals surface area (Å²) in [4.78, 5) is 37.2. The van der Waals surface area contributed by atoms with E-state index in [2.05, 4.69) is 38.2 Å². The van der Waals surface area contributed by atoms with Crippen LogP contribution >= 0.6 is 0 Å². The quantitative estimate of drug-likeness (QED) is 0.0281. The maximum absolute atomic E-state index is 12.8. The summed E-state index contributed by atoms with van der Waals surface area (Å²) in [5, 5.41) is 9.67. The van der Waals surface area contributed by atoms with E-state index in [1.165, 1.54) is 180 Å². The molecule has 0 bridgehead atoms. The lowest BCUT2D eigenvalue weighted by Gasteiger charge is -2.31. The second-order valence-electron chi connectivity index (χ2n) is 19.8. The molecular weight excluding hydrogens is 799 g/mol. The molecule has 0 spiro atoms. The molecule has 0 fully saturated rings. The predicted molar refractivity (Wildman–Crippen MR) is 271 cm³/mol. The molecule has 0 amide bonds. The number of carboxylic acid groups (broad SMARTS) is 1. The molecule has 8 nitrogen and oxygen atoms in total. The van der Waals surface area contributed by atoms with Crippen LogP contribution in [0.15, 0.2) is 24.3 Å². The number of rotatable bonds is 50. The molecule has 2 atom stereocenters. The van der Waals surface area contributed by atoms with Crippen LogP contribution in [0.4, 0.5) is 0 Å². The van der Waals surface area contributed by atoms with Crippen LogP contribution in [0, 0.1) is 0 Å². The van der Waals surface area contributed by atoms with Gasteiger partial charge in [0, 0.05) is 19.3 Å². The van der Waals surface area contributed by atoms with Crippen LogP contribution in [0.25, 0.3) is 0 Å². The number of carbonyl (C=O) groups is 3. The lowest BCUT2D eigenvalue weighted by molar-refractivity contribution is -0.887. The van der Waals surface area contributed by atoms with E-state index in [4.69, 9.17) is 14.2 Å². The topological polar surface area (TPSA) is 99.1 Å². The number of esters is 2. The zero-order chi connectivity index (χ0) is 47.0. The molecule has 0 aromatic carbocycles. The van der Waals surface area contributed by atoms with E-state index in [0.29, 0.717) is 19.3 Å². The molecule has 8 heteroatoms. The fourth-order valence-electron chi connectivity index (χ4n) is 8.43. The summed E-state index contributed by atoms with van der Waals surface area (Å²) in [5.74, 6) is -1.44. The summed E-state index contributed by atoms with van der Waals surface area (Å²) < 4.78 is 17.4. The molecule has 0 saturated heterocycles. The fourth-order valence-corrected chi connectivity index (χ4v) is 8.43. The molecule has 2 unspecified atom stereocenters. The molecule has 0 radical (unpaired) electrons. The molecule has 1 N–H and O–H groups in total. The highest BCUT2D eigenvalue weighted by molar-refractivity contribution is 5.72. The smallest absolute Gasteiger partial charge is 0.362 e. The number of allylic oxidation sites excluding steroid dienone is 4. The Hall–Kier alpha value is -2.19. The minimum Gasteiger partial charge on any atom is -0.477 e. The van der Waals surface area contributed by atoms with Gasteiger partial charge in [-0.15, -0.1) is 0 Å². The number of unbranched alkanes of at least 4 members (excludes halogenated alkanes) is 32. The first-order chi connectivity index (χ1) is 31.1. The predicted octanol–water partition coefficient (Wildman–Crippen LogP) is 16.0. The summed E-state index contributed by atoms with van der Waals surface area (Å²) in [7, 11) is 5.55. The molecular formula is C56H106NO7+. The number of hydrogen-bond acceptors (Lipinski definition) is 6. The molecule has 64 heavy (non-hydrogen) atoms. The van der Waals surface area contributed by atoms with Crippen LogP contribution in [0.3, 0.4) is 0 Å². The third kappa shape index (κ3) is 45.0. The van der Waals surface area contributed by atoms with Gasteiger partial charge in [-0.3, -0.25) is 9.59 Å². The third-order valence-corrected chi connectivity index (χ3v) is 12.6. The number of quaternary nitrogens is 1. The average molecular weight is 905 g/mol. The highest BCUT2D eigenvalue weighted by Crippen LogP contribution is 2.17. The zero-order valence-electron chi connectivity index (χ0n) is 43.0. The monoisotopic (exact) mass is 905 g/mol. The number of aliphatic carboxylic acids is 1. The first-order valence-electron chi connectivity index (χ1n) is 27.4. The first kappa shape index (κ1) is 61.8. The standard InChI is InChI=1S/C56H105NO7/c1-6-8-10-12-14-16-18-20-22-24-26-27-29-31-33-35-37-39-41-43-45-47-55(59)64-52(50-62-49-48-53(56(60)61)57(3,4)5)51-63-54(58)46-44-42-40-38-36-34-32-30-28-25-23-21-19-17-15-13-11-9-7-2/h8,10,14,16,52-53H,6-7,9,11-13,15,17-51H2,1-5H3/p+1/b10-8+,16-14+. The highest BCUT2D eigenvalue weighted by Gasteiger charge is 2.31.